The molecule has 0 aliphatic carbocycles. The Labute approximate surface area is 126 Å². The van der Waals surface area contributed by atoms with Gasteiger partial charge in [-0.3, -0.25) is 0 Å². The van der Waals surface area contributed by atoms with E-state index in [1.54, 1.807) is 24.3 Å². The second-order valence-electron chi connectivity index (χ2n) is 4.21. The summed E-state index contributed by atoms with van der Waals surface area (Å²) in [6.07, 6.45) is 0.298. The van der Waals surface area contributed by atoms with E-state index in [4.69, 9.17) is 40.5 Å². The van der Waals surface area contributed by atoms with Crippen LogP contribution in [0.3, 0.4) is 0 Å². The summed E-state index contributed by atoms with van der Waals surface area (Å²) in [6.45, 7) is 0. The number of hydrogen-bond acceptors (Lipinski definition) is 1. The van der Waals surface area contributed by atoms with Crippen molar-refractivity contribution in [3.63, 3.8) is 0 Å². The quantitative estimate of drug-likeness (QED) is 0.844. The molecule has 0 spiro atoms. The molecular formula is C14H11Cl3FN. The van der Waals surface area contributed by atoms with Crippen LogP contribution in [-0.4, -0.2) is 0 Å². The molecule has 2 aromatic rings. The van der Waals surface area contributed by atoms with Gasteiger partial charge in [0.2, 0.25) is 0 Å². The molecule has 19 heavy (non-hydrogen) atoms. The van der Waals surface area contributed by atoms with Gasteiger partial charge < -0.3 is 5.73 Å². The Balaban J connectivity index is 2.27. The van der Waals surface area contributed by atoms with E-state index in [0.29, 0.717) is 32.6 Å². The van der Waals surface area contributed by atoms with E-state index in [0.717, 1.165) is 0 Å². The van der Waals surface area contributed by atoms with Crippen molar-refractivity contribution in [2.75, 3.05) is 0 Å². The highest BCUT2D eigenvalue weighted by molar-refractivity contribution is 6.33. The van der Waals surface area contributed by atoms with Crippen LogP contribution in [0.15, 0.2) is 36.4 Å². The molecule has 1 nitrogen and oxygen atoms in total. The molecule has 2 aromatic carbocycles. The molecule has 1 atom stereocenters. The lowest BCUT2D eigenvalue weighted by molar-refractivity contribution is 0.593. The number of hydrogen-bond donors (Lipinski definition) is 1. The van der Waals surface area contributed by atoms with Crippen molar-refractivity contribution in [2.45, 2.75) is 12.5 Å². The Morgan fingerprint density at radius 3 is 2.37 bits per heavy atom. The van der Waals surface area contributed by atoms with Crippen molar-refractivity contribution in [2.24, 2.45) is 5.73 Å². The van der Waals surface area contributed by atoms with Crippen LogP contribution >= 0.6 is 34.8 Å². The molecule has 0 heterocycles. The van der Waals surface area contributed by atoms with Crippen LogP contribution in [0.4, 0.5) is 4.39 Å². The topological polar surface area (TPSA) is 26.0 Å². The van der Waals surface area contributed by atoms with Crippen molar-refractivity contribution in [3.05, 3.63) is 68.4 Å². The third-order valence-electron chi connectivity index (χ3n) is 2.81. The average Bonchev–Trinajstić information content (AvgIpc) is 2.36. The number of halogens is 4. The molecule has 0 amide bonds. The van der Waals surface area contributed by atoms with Crippen molar-refractivity contribution in [1.82, 2.24) is 0 Å². The first-order valence-electron chi connectivity index (χ1n) is 5.62. The Morgan fingerprint density at radius 2 is 1.63 bits per heavy atom. The zero-order valence-electron chi connectivity index (χ0n) is 9.84. The summed E-state index contributed by atoms with van der Waals surface area (Å²) in [4.78, 5) is 0. The Kier molecular flexibility index (Phi) is 4.69. The summed E-state index contributed by atoms with van der Waals surface area (Å²) in [6, 6.07) is 8.99. The molecule has 0 bridgehead atoms. The average molecular weight is 319 g/mol. The maximum atomic E-state index is 13.7. The van der Waals surface area contributed by atoms with Crippen LogP contribution in [-0.2, 0) is 6.42 Å². The first-order chi connectivity index (χ1) is 8.97. The summed E-state index contributed by atoms with van der Waals surface area (Å²) in [5.74, 6) is -0.335. The van der Waals surface area contributed by atoms with Crippen molar-refractivity contribution in [3.8, 4) is 0 Å². The highest BCUT2D eigenvalue weighted by atomic mass is 35.5. The maximum absolute atomic E-state index is 13.7. The number of rotatable bonds is 3. The lowest BCUT2D eigenvalue weighted by Crippen LogP contribution is -2.14. The molecule has 2 N–H and O–H groups in total. The van der Waals surface area contributed by atoms with Gasteiger partial charge in [0.05, 0.1) is 0 Å². The maximum Gasteiger partial charge on any atom is 0.126 e. The second kappa shape index (κ2) is 6.10. The summed E-state index contributed by atoms with van der Waals surface area (Å²) < 4.78 is 13.7. The van der Waals surface area contributed by atoms with Gasteiger partial charge in [-0.05, 0) is 53.9 Å². The van der Waals surface area contributed by atoms with Gasteiger partial charge in [0.1, 0.15) is 5.82 Å². The minimum atomic E-state index is -0.445. The predicted molar refractivity (Wildman–Crippen MR) is 78.5 cm³/mol. The van der Waals surface area contributed by atoms with Crippen LogP contribution in [0.5, 0.6) is 0 Å². The van der Waals surface area contributed by atoms with Crippen molar-refractivity contribution >= 4 is 34.8 Å². The third-order valence-corrected chi connectivity index (χ3v) is 3.62. The van der Waals surface area contributed by atoms with Gasteiger partial charge in [-0.25, -0.2) is 4.39 Å². The Morgan fingerprint density at radius 1 is 1.00 bits per heavy atom. The molecule has 2 rings (SSSR count). The fraction of sp³-hybridized carbons (Fsp3) is 0.143. The van der Waals surface area contributed by atoms with E-state index in [2.05, 4.69) is 0 Å². The minimum Gasteiger partial charge on any atom is -0.324 e. The molecule has 0 radical (unpaired) electrons. The first kappa shape index (κ1) is 14.6. The van der Waals surface area contributed by atoms with Crippen LogP contribution < -0.4 is 5.73 Å². The van der Waals surface area contributed by atoms with Crippen LogP contribution in [0, 0.1) is 5.82 Å². The van der Waals surface area contributed by atoms with E-state index in [1.807, 2.05) is 0 Å². The molecule has 0 saturated heterocycles. The largest absolute Gasteiger partial charge is 0.324 e. The summed E-state index contributed by atoms with van der Waals surface area (Å²) in [5.41, 5.74) is 7.21. The van der Waals surface area contributed by atoms with Gasteiger partial charge >= 0.3 is 0 Å². The van der Waals surface area contributed by atoms with Crippen LogP contribution in [0.25, 0.3) is 0 Å². The molecule has 0 aliphatic heterocycles. The van der Waals surface area contributed by atoms with Crippen molar-refractivity contribution < 1.29 is 4.39 Å². The van der Waals surface area contributed by atoms with Gasteiger partial charge in [-0.1, -0.05) is 34.8 Å². The number of nitrogens with two attached hydrogens (primary N) is 1. The van der Waals surface area contributed by atoms with Gasteiger partial charge in [0.15, 0.2) is 0 Å². The predicted octanol–water partition coefficient (Wildman–Crippen LogP) is 5.03. The number of benzene rings is 2. The monoisotopic (exact) mass is 317 g/mol. The summed E-state index contributed by atoms with van der Waals surface area (Å²) in [5, 5.41) is 1.53. The molecule has 0 saturated carbocycles. The molecule has 1 unspecified atom stereocenters. The van der Waals surface area contributed by atoms with E-state index >= 15 is 0 Å². The standard InChI is InChI=1S/C14H11Cl3FN/c15-9-2-4-13(18)8(5-9)6-14(19)11-7-10(16)1-3-12(11)17/h1-5,7,14H,6,19H2. The first-order valence-corrected chi connectivity index (χ1v) is 6.75. The van der Waals surface area contributed by atoms with Crippen molar-refractivity contribution in [1.29, 1.82) is 0 Å². The Bertz CT molecular complexity index is 601. The van der Waals surface area contributed by atoms with Gasteiger partial charge in [0, 0.05) is 21.1 Å². The SMILES string of the molecule is NC(Cc1cc(Cl)ccc1F)c1cc(Cl)ccc1Cl. The Hall–Kier alpha value is -0.800. The van der Waals surface area contributed by atoms with E-state index in [9.17, 15) is 4.39 Å². The van der Waals surface area contributed by atoms with E-state index < -0.39 is 6.04 Å². The highest BCUT2D eigenvalue weighted by Gasteiger charge is 2.14. The molecule has 5 heteroatoms. The smallest absolute Gasteiger partial charge is 0.126 e. The molecule has 0 aromatic heterocycles. The fourth-order valence-corrected chi connectivity index (χ4v) is 2.48. The zero-order valence-corrected chi connectivity index (χ0v) is 12.1. The molecule has 0 aliphatic rings. The zero-order chi connectivity index (χ0) is 14.0. The van der Waals surface area contributed by atoms with Gasteiger partial charge in [-0.15, -0.1) is 0 Å². The van der Waals surface area contributed by atoms with E-state index in [-0.39, 0.29) is 5.82 Å². The summed E-state index contributed by atoms with van der Waals surface area (Å²) in [7, 11) is 0. The molecule has 0 fully saturated rings. The lowest BCUT2D eigenvalue weighted by atomic mass is 9.99. The normalized spacial score (nSPS) is 12.5. The fourth-order valence-electron chi connectivity index (χ4n) is 1.85. The molecular weight excluding hydrogens is 308 g/mol. The minimum absolute atomic E-state index is 0.298. The lowest BCUT2D eigenvalue weighted by Gasteiger charge is -2.15. The second-order valence-corrected chi connectivity index (χ2v) is 5.49. The van der Waals surface area contributed by atoms with Crippen LogP contribution in [0.2, 0.25) is 15.1 Å². The van der Waals surface area contributed by atoms with Gasteiger partial charge in [0.25, 0.3) is 0 Å². The van der Waals surface area contributed by atoms with E-state index in [1.165, 1.54) is 12.1 Å². The summed E-state index contributed by atoms with van der Waals surface area (Å²) >= 11 is 17.8. The van der Waals surface area contributed by atoms with Crippen LogP contribution in [0.1, 0.15) is 17.2 Å². The van der Waals surface area contributed by atoms with Gasteiger partial charge in [-0.2, -0.15) is 0 Å². The highest BCUT2D eigenvalue weighted by Crippen LogP contribution is 2.28. The third kappa shape index (κ3) is 3.61. The molecule has 100 valence electrons.